The number of nitrogens with two attached hydrogens (primary N) is 1. The molecule has 162 valence electrons. The van der Waals surface area contributed by atoms with Crippen LogP contribution in [0.3, 0.4) is 0 Å². The van der Waals surface area contributed by atoms with Crippen LogP contribution in [0.25, 0.3) is 0 Å². The van der Waals surface area contributed by atoms with Crippen LogP contribution in [-0.4, -0.2) is 42.3 Å². The van der Waals surface area contributed by atoms with Gasteiger partial charge in [-0.3, -0.25) is 19.3 Å². The number of anilines is 1. The third-order valence-electron chi connectivity index (χ3n) is 5.36. The van der Waals surface area contributed by atoms with Crippen molar-refractivity contribution in [2.75, 3.05) is 19.0 Å². The van der Waals surface area contributed by atoms with Crippen molar-refractivity contribution in [3.8, 4) is 5.75 Å². The number of para-hydroxylation sites is 1. The molecule has 9 nitrogen and oxygen atoms in total. The lowest BCUT2D eigenvalue weighted by Gasteiger charge is -2.26. The number of benzene rings is 2. The Labute approximate surface area is 179 Å². The Morgan fingerprint density at radius 2 is 1.90 bits per heavy atom. The van der Waals surface area contributed by atoms with Gasteiger partial charge in [0.2, 0.25) is 5.91 Å². The number of nitrogens with one attached hydrogen (secondary N) is 2. The van der Waals surface area contributed by atoms with Crippen LogP contribution in [0.5, 0.6) is 5.75 Å². The van der Waals surface area contributed by atoms with Crippen LogP contribution in [0.1, 0.15) is 34.8 Å². The molecule has 1 unspecified atom stereocenters. The van der Waals surface area contributed by atoms with Gasteiger partial charge in [0.15, 0.2) is 0 Å². The fourth-order valence-electron chi connectivity index (χ4n) is 3.69. The zero-order valence-electron chi connectivity index (χ0n) is 17.5. The number of urea groups is 1. The predicted molar refractivity (Wildman–Crippen MR) is 114 cm³/mol. The Balaban J connectivity index is 1.83. The first-order valence-electron chi connectivity index (χ1n) is 9.71. The smallest absolute Gasteiger partial charge is 0.325 e. The number of nitrogens with zero attached hydrogens (tertiary/aromatic N) is 1. The van der Waals surface area contributed by atoms with Crippen molar-refractivity contribution in [3.63, 3.8) is 0 Å². The number of hydrogen-bond acceptors (Lipinski definition) is 5. The van der Waals surface area contributed by atoms with Crippen molar-refractivity contribution in [2.24, 2.45) is 5.73 Å². The number of hydrogen-bond donors (Lipinski definition) is 3. The molecular formula is C22H24N4O5. The van der Waals surface area contributed by atoms with Gasteiger partial charge in [0.25, 0.3) is 11.8 Å². The molecule has 5 amide bonds. The summed E-state index contributed by atoms with van der Waals surface area (Å²) in [5.74, 6) is -1.19. The van der Waals surface area contributed by atoms with Gasteiger partial charge < -0.3 is 21.1 Å². The van der Waals surface area contributed by atoms with Crippen molar-refractivity contribution in [1.29, 1.82) is 0 Å². The molecule has 1 fully saturated rings. The Hall–Kier alpha value is -3.88. The Kier molecular flexibility index (Phi) is 5.96. The minimum atomic E-state index is -1.28. The molecule has 0 aromatic heterocycles. The fourth-order valence-corrected chi connectivity index (χ4v) is 3.69. The summed E-state index contributed by atoms with van der Waals surface area (Å²) >= 11 is 0. The largest absolute Gasteiger partial charge is 0.496 e. The minimum absolute atomic E-state index is 0.129. The molecule has 1 heterocycles. The van der Waals surface area contributed by atoms with Crippen LogP contribution in [0.4, 0.5) is 10.5 Å². The molecule has 0 radical (unpaired) electrons. The zero-order valence-corrected chi connectivity index (χ0v) is 17.5. The van der Waals surface area contributed by atoms with E-state index in [-0.39, 0.29) is 11.3 Å². The van der Waals surface area contributed by atoms with E-state index in [4.69, 9.17) is 10.5 Å². The lowest BCUT2D eigenvalue weighted by Crippen LogP contribution is -2.44. The minimum Gasteiger partial charge on any atom is -0.496 e. The number of rotatable bonds is 7. The second kappa shape index (κ2) is 8.47. The first-order chi connectivity index (χ1) is 14.7. The number of amides is 5. The molecule has 1 atom stereocenters. The topological polar surface area (TPSA) is 131 Å². The van der Waals surface area contributed by atoms with Gasteiger partial charge in [-0.1, -0.05) is 25.1 Å². The normalized spacial score (nSPS) is 18.0. The van der Waals surface area contributed by atoms with Crippen molar-refractivity contribution < 1.29 is 23.9 Å². The maximum absolute atomic E-state index is 13.3. The van der Waals surface area contributed by atoms with E-state index in [2.05, 4.69) is 10.6 Å². The number of imide groups is 1. The van der Waals surface area contributed by atoms with Gasteiger partial charge in [-0.15, -0.1) is 0 Å². The second-order valence-corrected chi connectivity index (χ2v) is 7.22. The monoisotopic (exact) mass is 424 g/mol. The highest BCUT2D eigenvalue weighted by molar-refractivity contribution is 6.11. The number of methoxy groups -OCH3 is 1. The maximum Gasteiger partial charge on any atom is 0.325 e. The van der Waals surface area contributed by atoms with E-state index < -0.39 is 35.8 Å². The SMILES string of the molecule is CCC1(c2ccc(OC)c(C)c2)NC(=O)N(CC(=O)Nc2ccccc2C(N)=O)C1=O. The van der Waals surface area contributed by atoms with Crippen LogP contribution in [0.15, 0.2) is 42.5 Å². The molecule has 4 N–H and O–H groups in total. The average Bonchev–Trinajstić information content (AvgIpc) is 2.99. The molecular weight excluding hydrogens is 400 g/mol. The molecule has 0 bridgehead atoms. The Morgan fingerprint density at radius 3 is 2.52 bits per heavy atom. The van der Waals surface area contributed by atoms with Gasteiger partial charge in [-0.2, -0.15) is 0 Å². The quantitative estimate of drug-likeness (QED) is 0.584. The molecule has 1 aliphatic rings. The molecule has 9 heteroatoms. The molecule has 0 aliphatic carbocycles. The van der Waals surface area contributed by atoms with Gasteiger partial charge in [0, 0.05) is 0 Å². The van der Waals surface area contributed by atoms with Crippen LogP contribution < -0.4 is 21.1 Å². The van der Waals surface area contributed by atoms with Crippen LogP contribution in [0.2, 0.25) is 0 Å². The van der Waals surface area contributed by atoms with Crippen LogP contribution in [0, 0.1) is 6.92 Å². The van der Waals surface area contributed by atoms with E-state index in [0.717, 1.165) is 10.5 Å². The summed E-state index contributed by atoms with van der Waals surface area (Å²) in [5, 5.41) is 5.28. The number of aryl methyl sites for hydroxylation is 1. The number of ether oxygens (including phenoxy) is 1. The molecule has 1 saturated heterocycles. The summed E-state index contributed by atoms with van der Waals surface area (Å²) in [4.78, 5) is 50.8. The van der Waals surface area contributed by atoms with Crippen LogP contribution >= 0.6 is 0 Å². The van der Waals surface area contributed by atoms with Crippen molar-refractivity contribution in [3.05, 3.63) is 59.2 Å². The van der Waals surface area contributed by atoms with Crippen LogP contribution in [-0.2, 0) is 15.1 Å². The van der Waals surface area contributed by atoms with Crippen molar-refractivity contribution >= 4 is 29.4 Å². The van der Waals surface area contributed by atoms with E-state index in [1.165, 1.54) is 12.1 Å². The summed E-state index contributed by atoms with van der Waals surface area (Å²) in [6.07, 6.45) is 0.298. The molecule has 3 rings (SSSR count). The Bertz CT molecular complexity index is 1070. The summed E-state index contributed by atoms with van der Waals surface area (Å²) in [7, 11) is 1.55. The Morgan fingerprint density at radius 1 is 1.19 bits per heavy atom. The highest BCUT2D eigenvalue weighted by Gasteiger charge is 2.51. The van der Waals surface area contributed by atoms with Gasteiger partial charge >= 0.3 is 6.03 Å². The van der Waals surface area contributed by atoms with E-state index in [1.807, 2.05) is 6.92 Å². The third-order valence-corrected chi connectivity index (χ3v) is 5.36. The predicted octanol–water partition coefficient (Wildman–Crippen LogP) is 1.90. The number of carbonyl (C=O) groups excluding carboxylic acids is 4. The molecule has 31 heavy (non-hydrogen) atoms. The van der Waals surface area contributed by atoms with E-state index in [9.17, 15) is 19.2 Å². The highest BCUT2D eigenvalue weighted by atomic mass is 16.5. The fraction of sp³-hybridized carbons (Fsp3) is 0.273. The van der Waals surface area contributed by atoms with Gasteiger partial charge in [-0.25, -0.2) is 4.79 Å². The van der Waals surface area contributed by atoms with Crippen molar-refractivity contribution in [2.45, 2.75) is 25.8 Å². The van der Waals surface area contributed by atoms with Crippen molar-refractivity contribution in [1.82, 2.24) is 10.2 Å². The first kappa shape index (κ1) is 21.8. The lowest BCUT2D eigenvalue weighted by molar-refractivity contribution is -0.134. The second-order valence-electron chi connectivity index (χ2n) is 7.22. The summed E-state index contributed by atoms with van der Waals surface area (Å²) in [6.45, 7) is 3.12. The standard InChI is InChI=1S/C22H24N4O5/c1-4-22(14-9-10-17(31-3)13(2)11-14)20(29)26(21(30)25-22)12-18(27)24-16-8-6-5-7-15(16)19(23)28/h5-11H,4,12H2,1-3H3,(H2,23,28)(H,24,27)(H,25,30). The van der Waals surface area contributed by atoms with E-state index >= 15 is 0 Å². The number of carbonyl (C=O) groups is 4. The lowest BCUT2D eigenvalue weighted by atomic mass is 9.86. The molecule has 0 saturated carbocycles. The molecule has 2 aromatic carbocycles. The highest BCUT2D eigenvalue weighted by Crippen LogP contribution is 2.34. The maximum atomic E-state index is 13.3. The van der Waals surface area contributed by atoms with Gasteiger partial charge in [-0.05, 0) is 48.7 Å². The van der Waals surface area contributed by atoms with E-state index in [0.29, 0.717) is 17.7 Å². The zero-order chi connectivity index (χ0) is 22.8. The average molecular weight is 424 g/mol. The third kappa shape index (κ3) is 3.94. The molecule has 2 aromatic rings. The van der Waals surface area contributed by atoms with Gasteiger partial charge in [0.05, 0.1) is 18.4 Å². The number of primary amides is 1. The van der Waals surface area contributed by atoms with Gasteiger partial charge in [0.1, 0.15) is 17.8 Å². The van der Waals surface area contributed by atoms with E-state index in [1.54, 1.807) is 44.4 Å². The summed E-state index contributed by atoms with van der Waals surface area (Å²) in [5.41, 5.74) is 5.80. The first-order valence-corrected chi connectivity index (χ1v) is 9.71. The molecule has 1 aliphatic heterocycles. The summed E-state index contributed by atoms with van der Waals surface area (Å²) < 4.78 is 5.27. The molecule has 0 spiro atoms. The summed E-state index contributed by atoms with van der Waals surface area (Å²) in [6, 6.07) is 10.8.